The van der Waals surface area contributed by atoms with Gasteiger partial charge in [0.05, 0.1) is 6.10 Å². The Morgan fingerprint density at radius 1 is 1.17 bits per heavy atom. The fraction of sp³-hybridized carbons (Fsp3) is 0.400. The van der Waals surface area contributed by atoms with Gasteiger partial charge in [-0.05, 0) is 25.0 Å². The maximum atomic E-state index is 9.08. The SMILES string of the molecule is OC1CC(Sc2ccccc2)C1. The van der Waals surface area contributed by atoms with Crippen molar-refractivity contribution in [2.45, 2.75) is 29.1 Å². The van der Waals surface area contributed by atoms with E-state index < -0.39 is 0 Å². The van der Waals surface area contributed by atoms with Gasteiger partial charge in [-0.3, -0.25) is 0 Å². The molecule has 0 amide bonds. The molecule has 64 valence electrons. The summed E-state index contributed by atoms with van der Waals surface area (Å²) < 4.78 is 0. The van der Waals surface area contributed by atoms with E-state index >= 15 is 0 Å². The number of rotatable bonds is 2. The Balaban J connectivity index is 1.88. The third-order valence-electron chi connectivity index (χ3n) is 2.12. The first-order valence-corrected chi connectivity index (χ1v) is 5.12. The molecule has 0 saturated heterocycles. The fourth-order valence-electron chi connectivity index (χ4n) is 1.33. The monoisotopic (exact) mass is 180 g/mol. The van der Waals surface area contributed by atoms with Crippen molar-refractivity contribution in [2.24, 2.45) is 0 Å². The zero-order chi connectivity index (χ0) is 8.39. The third kappa shape index (κ3) is 1.82. The van der Waals surface area contributed by atoms with E-state index in [9.17, 15) is 0 Å². The number of aliphatic hydroxyl groups excluding tert-OH is 1. The molecular weight excluding hydrogens is 168 g/mol. The van der Waals surface area contributed by atoms with E-state index in [1.54, 1.807) is 0 Å². The molecule has 2 rings (SSSR count). The summed E-state index contributed by atoms with van der Waals surface area (Å²) in [7, 11) is 0. The third-order valence-corrected chi connectivity index (χ3v) is 3.38. The number of hydrogen-bond donors (Lipinski definition) is 1. The minimum atomic E-state index is -0.0359. The molecule has 0 aliphatic heterocycles. The largest absolute Gasteiger partial charge is 0.393 e. The van der Waals surface area contributed by atoms with Crippen LogP contribution in [0.2, 0.25) is 0 Å². The van der Waals surface area contributed by atoms with Crippen LogP contribution in [0.4, 0.5) is 0 Å². The predicted molar refractivity (Wildman–Crippen MR) is 51.3 cm³/mol. The lowest BCUT2D eigenvalue weighted by molar-refractivity contribution is 0.101. The van der Waals surface area contributed by atoms with Gasteiger partial charge >= 0.3 is 0 Å². The summed E-state index contributed by atoms with van der Waals surface area (Å²) in [5.41, 5.74) is 0. The Labute approximate surface area is 76.8 Å². The second-order valence-electron chi connectivity index (χ2n) is 3.18. The summed E-state index contributed by atoms with van der Waals surface area (Å²) in [6.45, 7) is 0. The molecule has 2 heteroatoms. The molecule has 1 saturated carbocycles. The lowest BCUT2D eigenvalue weighted by atomic mass is 9.96. The van der Waals surface area contributed by atoms with Gasteiger partial charge in [0.1, 0.15) is 0 Å². The van der Waals surface area contributed by atoms with Gasteiger partial charge in [-0.15, -0.1) is 11.8 Å². The molecule has 0 bridgehead atoms. The molecule has 0 spiro atoms. The summed E-state index contributed by atoms with van der Waals surface area (Å²) in [4.78, 5) is 1.31. The van der Waals surface area contributed by atoms with E-state index in [0.717, 1.165) is 12.8 Å². The molecule has 0 aromatic heterocycles. The smallest absolute Gasteiger partial charge is 0.0561 e. The van der Waals surface area contributed by atoms with Crippen molar-refractivity contribution in [3.05, 3.63) is 30.3 Å². The average molecular weight is 180 g/mol. The molecule has 12 heavy (non-hydrogen) atoms. The molecule has 1 fully saturated rings. The van der Waals surface area contributed by atoms with Gasteiger partial charge in [-0.1, -0.05) is 18.2 Å². The molecule has 1 aromatic carbocycles. The molecule has 1 aliphatic rings. The van der Waals surface area contributed by atoms with Crippen LogP contribution in [0, 0.1) is 0 Å². The van der Waals surface area contributed by atoms with E-state index in [1.165, 1.54) is 4.90 Å². The highest BCUT2D eigenvalue weighted by Crippen LogP contribution is 2.36. The second kappa shape index (κ2) is 3.50. The molecule has 1 N–H and O–H groups in total. The molecule has 1 aliphatic carbocycles. The molecular formula is C10H12OS. The predicted octanol–water partition coefficient (Wildman–Crippen LogP) is 2.30. The van der Waals surface area contributed by atoms with Crippen molar-refractivity contribution in [1.29, 1.82) is 0 Å². The Bertz CT molecular complexity index is 241. The molecule has 0 heterocycles. The fourth-order valence-corrected chi connectivity index (χ4v) is 2.66. The van der Waals surface area contributed by atoms with Gasteiger partial charge in [0.25, 0.3) is 0 Å². The van der Waals surface area contributed by atoms with Gasteiger partial charge in [-0.2, -0.15) is 0 Å². The minimum Gasteiger partial charge on any atom is -0.393 e. The van der Waals surface area contributed by atoms with Crippen molar-refractivity contribution in [3.8, 4) is 0 Å². The Morgan fingerprint density at radius 2 is 1.83 bits per heavy atom. The first-order chi connectivity index (χ1) is 5.84. The highest BCUT2D eigenvalue weighted by Gasteiger charge is 2.27. The highest BCUT2D eigenvalue weighted by atomic mass is 32.2. The Hall–Kier alpha value is -0.470. The van der Waals surface area contributed by atoms with Gasteiger partial charge in [0.2, 0.25) is 0 Å². The molecule has 1 aromatic rings. The van der Waals surface area contributed by atoms with Crippen LogP contribution in [0.3, 0.4) is 0 Å². The van der Waals surface area contributed by atoms with Crippen molar-refractivity contribution in [3.63, 3.8) is 0 Å². The van der Waals surface area contributed by atoms with Crippen LogP contribution in [0.1, 0.15) is 12.8 Å². The van der Waals surface area contributed by atoms with Crippen LogP contribution in [0.25, 0.3) is 0 Å². The van der Waals surface area contributed by atoms with E-state index in [2.05, 4.69) is 24.3 Å². The molecule has 0 atom stereocenters. The summed E-state index contributed by atoms with van der Waals surface area (Å²) in [6.07, 6.45) is 1.88. The average Bonchev–Trinajstić information content (AvgIpc) is 2.04. The van der Waals surface area contributed by atoms with Gasteiger partial charge in [0, 0.05) is 10.1 Å². The number of hydrogen-bond acceptors (Lipinski definition) is 2. The zero-order valence-electron chi connectivity index (χ0n) is 6.81. The first-order valence-electron chi connectivity index (χ1n) is 4.24. The van der Waals surface area contributed by atoms with E-state index in [1.807, 2.05) is 17.8 Å². The van der Waals surface area contributed by atoms with E-state index in [-0.39, 0.29) is 6.10 Å². The Kier molecular flexibility index (Phi) is 2.38. The second-order valence-corrected chi connectivity index (χ2v) is 4.55. The maximum absolute atomic E-state index is 9.08. The molecule has 0 unspecified atom stereocenters. The standard InChI is InChI=1S/C10H12OS/c11-8-6-10(7-8)12-9-4-2-1-3-5-9/h1-5,8,10-11H,6-7H2. The van der Waals surface area contributed by atoms with Crippen LogP contribution in [-0.2, 0) is 0 Å². The van der Waals surface area contributed by atoms with Crippen LogP contribution in [0.15, 0.2) is 35.2 Å². The summed E-state index contributed by atoms with van der Waals surface area (Å²) in [6, 6.07) is 10.4. The quantitative estimate of drug-likeness (QED) is 0.753. The minimum absolute atomic E-state index is 0.0359. The zero-order valence-corrected chi connectivity index (χ0v) is 7.63. The normalized spacial score (nSPS) is 28.1. The van der Waals surface area contributed by atoms with E-state index in [0.29, 0.717) is 5.25 Å². The van der Waals surface area contributed by atoms with Crippen LogP contribution in [-0.4, -0.2) is 16.5 Å². The number of aliphatic hydroxyl groups is 1. The van der Waals surface area contributed by atoms with Crippen molar-refractivity contribution in [2.75, 3.05) is 0 Å². The Morgan fingerprint density at radius 3 is 2.42 bits per heavy atom. The maximum Gasteiger partial charge on any atom is 0.0561 e. The first kappa shape index (κ1) is 8.14. The lowest BCUT2D eigenvalue weighted by Gasteiger charge is -2.30. The van der Waals surface area contributed by atoms with Crippen molar-refractivity contribution < 1.29 is 5.11 Å². The summed E-state index contributed by atoms with van der Waals surface area (Å²) in [5.74, 6) is 0. The highest BCUT2D eigenvalue weighted by molar-refractivity contribution is 8.00. The topological polar surface area (TPSA) is 20.2 Å². The summed E-state index contributed by atoms with van der Waals surface area (Å²) in [5, 5.41) is 9.72. The van der Waals surface area contributed by atoms with Gasteiger partial charge in [-0.25, -0.2) is 0 Å². The van der Waals surface area contributed by atoms with Gasteiger partial charge in [0.15, 0.2) is 0 Å². The molecule has 0 radical (unpaired) electrons. The van der Waals surface area contributed by atoms with Gasteiger partial charge < -0.3 is 5.11 Å². The van der Waals surface area contributed by atoms with Crippen molar-refractivity contribution >= 4 is 11.8 Å². The lowest BCUT2D eigenvalue weighted by Crippen LogP contribution is -2.30. The number of thioether (sulfide) groups is 1. The summed E-state index contributed by atoms with van der Waals surface area (Å²) >= 11 is 1.87. The molecule has 1 nitrogen and oxygen atoms in total. The number of benzene rings is 1. The van der Waals surface area contributed by atoms with Crippen LogP contribution in [0.5, 0.6) is 0 Å². The van der Waals surface area contributed by atoms with Crippen LogP contribution >= 0.6 is 11.8 Å². The van der Waals surface area contributed by atoms with Crippen molar-refractivity contribution in [1.82, 2.24) is 0 Å². The van der Waals surface area contributed by atoms with E-state index in [4.69, 9.17) is 5.11 Å². The van der Waals surface area contributed by atoms with Crippen LogP contribution < -0.4 is 0 Å².